The molecule has 13 heteroatoms. The van der Waals surface area contributed by atoms with Gasteiger partial charge in [-0.1, -0.05) is 42.5 Å². The highest BCUT2D eigenvalue weighted by Gasteiger charge is 2.43. The van der Waals surface area contributed by atoms with Crippen molar-refractivity contribution < 1.29 is 27.5 Å². The van der Waals surface area contributed by atoms with Crippen molar-refractivity contribution in [3.05, 3.63) is 101 Å². The summed E-state index contributed by atoms with van der Waals surface area (Å²) in [5, 5.41) is 3.95. The molecule has 0 saturated carbocycles. The van der Waals surface area contributed by atoms with E-state index in [0.29, 0.717) is 54.1 Å². The zero-order chi connectivity index (χ0) is 34.7. The second kappa shape index (κ2) is 14.4. The average Bonchev–Trinajstić information content (AvgIpc) is 3.69. The van der Waals surface area contributed by atoms with E-state index in [4.69, 9.17) is 9.47 Å². The molecule has 0 spiro atoms. The first kappa shape index (κ1) is 34.2. The fourth-order valence-corrected chi connectivity index (χ4v) is 7.81. The first-order valence-electron chi connectivity index (χ1n) is 16.4. The van der Waals surface area contributed by atoms with Gasteiger partial charge in [-0.25, -0.2) is 13.1 Å². The summed E-state index contributed by atoms with van der Waals surface area (Å²) in [5.74, 6) is 0.224. The van der Waals surface area contributed by atoms with Gasteiger partial charge in [0.15, 0.2) is 11.5 Å². The van der Waals surface area contributed by atoms with Crippen LogP contribution >= 0.6 is 0 Å². The molecule has 1 fully saturated rings. The molecule has 1 saturated heterocycles. The molecular formula is C36H42N6O6S. The number of carbonyl (C=O) groups is 2. The van der Waals surface area contributed by atoms with Crippen LogP contribution in [0.5, 0.6) is 11.5 Å². The van der Waals surface area contributed by atoms with Crippen LogP contribution in [0.15, 0.2) is 84.0 Å². The molecule has 2 amide bonds. The van der Waals surface area contributed by atoms with Gasteiger partial charge in [-0.3, -0.25) is 24.1 Å². The van der Waals surface area contributed by atoms with Crippen LogP contribution in [0.1, 0.15) is 63.7 Å². The monoisotopic (exact) mass is 686 g/mol. The maximum absolute atomic E-state index is 14.4. The minimum absolute atomic E-state index is 0.0645. The van der Waals surface area contributed by atoms with Gasteiger partial charge in [-0.05, 0) is 55.2 Å². The number of aryl methyl sites for hydroxylation is 1. The molecule has 2 aliphatic rings. The number of hydrogen-bond acceptors (Lipinski definition) is 9. The van der Waals surface area contributed by atoms with E-state index in [1.54, 1.807) is 25.2 Å². The number of hydrogen-bond donors (Lipinski definition) is 1. The number of imide groups is 1. The number of sulfonamides is 1. The average molecular weight is 687 g/mol. The number of nitrogens with zero attached hydrogens (tertiary/aromatic N) is 5. The van der Waals surface area contributed by atoms with Gasteiger partial charge in [-0.15, -0.1) is 0 Å². The van der Waals surface area contributed by atoms with Crippen molar-refractivity contribution >= 4 is 27.5 Å². The number of ether oxygens (including phenoxy) is 2. The number of methoxy groups -OCH3 is 2. The van der Waals surface area contributed by atoms with Crippen molar-refractivity contribution in [2.75, 3.05) is 51.8 Å². The van der Waals surface area contributed by atoms with Crippen molar-refractivity contribution in [3.63, 3.8) is 0 Å². The fourth-order valence-electron chi connectivity index (χ4n) is 6.75. The number of carbonyl (C=O) groups excluding carboxylic acids is 2. The summed E-state index contributed by atoms with van der Waals surface area (Å²) < 4.78 is 40.7. The number of rotatable bonds is 13. The molecule has 0 radical (unpaired) electrons. The lowest BCUT2D eigenvalue weighted by Gasteiger charge is -2.39. The normalized spacial score (nSPS) is 16.5. The summed E-state index contributed by atoms with van der Waals surface area (Å²) in [4.78, 5) is 34.5. The molecule has 258 valence electrons. The Hall–Kier alpha value is -4.72. The van der Waals surface area contributed by atoms with Gasteiger partial charge in [0.25, 0.3) is 11.8 Å². The fraction of sp³-hybridized carbons (Fsp3) is 0.361. The third kappa shape index (κ3) is 6.91. The van der Waals surface area contributed by atoms with Gasteiger partial charge in [0.1, 0.15) is 4.90 Å². The molecule has 0 aliphatic carbocycles. The number of piperazine rings is 1. The van der Waals surface area contributed by atoms with Gasteiger partial charge in [0, 0.05) is 52.0 Å². The zero-order valence-corrected chi connectivity index (χ0v) is 29.0. The lowest BCUT2D eigenvalue weighted by atomic mass is 9.99. The van der Waals surface area contributed by atoms with Crippen LogP contribution in [0.25, 0.3) is 0 Å². The Kier molecular flexibility index (Phi) is 10.0. The number of fused-ring (bicyclic) bond motifs is 1. The van der Waals surface area contributed by atoms with Gasteiger partial charge in [-0.2, -0.15) is 5.10 Å². The van der Waals surface area contributed by atoms with Crippen LogP contribution in [-0.2, 0) is 17.1 Å². The Morgan fingerprint density at radius 2 is 1.61 bits per heavy atom. The standard InChI is InChI=1S/C36H42N6O6S/c1-25(26-10-6-5-7-11-26)40-18-20-41(21-19-40)31-13-8-12-29-34(31)36(44)42(35(29)43)30(27-15-16-32(47-3)33(22-27)48-4)14-9-17-38-49(45,46)28-23-37-39(2)24-28/h5-8,10-13,15-16,22-25,30,38H,9,14,17-21H2,1-4H3/t25-,30-/m1/s1. The van der Waals surface area contributed by atoms with E-state index in [2.05, 4.69) is 50.8 Å². The van der Waals surface area contributed by atoms with Gasteiger partial charge < -0.3 is 14.4 Å². The van der Waals surface area contributed by atoms with Gasteiger partial charge >= 0.3 is 0 Å². The Labute approximate surface area is 287 Å². The van der Waals surface area contributed by atoms with E-state index in [9.17, 15) is 18.0 Å². The van der Waals surface area contributed by atoms with Crippen LogP contribution in [0.3, 0.4) is 0 Å². The first-order chi connectivity index (χ1) is 23.6. The number of nitrogens with one attached hydrogen (secondary N) is 1. The predicted octanol–water partition coefficient (Wildman–Crippen LogP) is 4.42. The number of aromatic nitrogens is 2. The molecule has 0 bridgehead atoms. The number of anilines is 1. The maximum Gasteiger partial charge on any atom is 0.264 e. The molecule has 6 rings (SSSR count). The first-order valence-corrected chi connectivity index (χ1v) is 17.9. The summed E-state index contributed by atoms with van der Waals surface area (Å²) in [6.07, 6.45) is 3.37. The minimum atomic E-state index is -3.78. The second-order valence-electron chi connectivity index (χ2n) is 12.3. The number of amides is 2. The van der Waals surface area contributed by atoms with E-state index < -0.39 is 16.1 Å². The highest BCUT2D eigenvalue weighted by atomic mass is 32.2. The van der Waals surface area contributed by atoms with Crippen LogP contribution in [-0.4, -0.2) is 86.8 Å². The highest BCUT2D eigenvalue weighted by Crippen LogP contribution is 2.40. The van der Waals surface area contributed by atoms with E-state index in [0.717, 1.165) is 18.8 Å². The van der Waals surface area contributed by atoms with Crippen molar-refractivity contribution in [2.45, 2.75) is 36.7 Å². The third-order valence-corrected chi connectivity index (χ3v) is 10.9. The van der Waals surface area contributed by atoms with Crippen molar-refractivity contribution in [2.24, 2.45) is 7.05 Å². The Bertz CT molecular complexity index is 1920. The smallest absolute Gasteiger partial charge is 0.264 e. The molecule has 3 heterocycles. The molecule has 2 aliphatic heterocycles. The van der Waals surface area contributed by atoms with E-state index in [-0.39, 0.29) is 29.3 Å². The Morgan fingerprint density at radius 1 is 0.878 bits per heavy atom. The summed E-state index contributed by atoms with van der Waals surface area (Å²) in [6, 6.07) is 20.8. The van der Waals surface area contributed by atoms with Crippen LogP contribution < -0.4 is 19.1 Å². The molecular weight excluding hydrogens is 644 g/mol. The molecule has 1 aromatic heterocycles. The minimum Gasteiger partial charge on any atom is -0.493 e. The largest absolute Gasteiger partial charge is 0.493 e. The topological polar surface area (TPSA) is 126 Å². The summed E-state index contributed by atoms with van der Waals surface area (Å²) >= 11 is 0. The molecule has 0 unspecified atom stereocenters. The van der Waals surface area contributed by atoms with Gasteiger partial charge in [0.2, 0.25) is 10.0 Å². The summed E-state index contributed by atoms with van der Waals surface area (Å²) in [6.45, 7) is 5.37. The zero-order valence-electron chi connectivity index (χ0n) is 28.2. The molecule has 1 N–H and O–H groups in total. The van der Waals surface area contributed by atoms with E-state index >= 15 is 0 Å². The maximum atomic E-state index is 14.4. The molecule has 4 aromatic rings. The van der Waals surface area contributed by atoms with Crippen LogP contribution in [0, 0.1) is 0 Å². The second-order valence-corrected chi connectivity index (χ2v) is 14.1. The van der Waals surface area contributed by atoms with E-state index in [1.807, 2.05) is 24.3 Å². The quantitative estimate of drug-likeness (QED) is 0.161. The van der Waals surface area contributed by atoms with E-state index in [1.165, 1.54) is 41.8 Å². The SMILES string of the molecule is COc1ccc([C@@H](CCCNS(=O)(=O)c2cnn(C)c2)N2C(=O)c3cccc(N4CCN([C@H](C)c5ccccc5)CC4)c3C2=O)cc1OC. The molecule has 49 heavy (non-hydrogen) atoms. The molecule has 3 aromatic carbocycles. The van der Waals surface area contributed by atoms with Crippen LogP contribution in [0.4, 0.5) is 5.69 Å². The van der Waals surface area contributed by atoms with Crippen LogP contribution in [0.2, 0.25) is 0 Å². The number of benzene rings is 3. The summed E-state index contributed by atoms with van der Waals surface area (Å²) in [5.41, 5.74) is 3.46. The highest BCUT2D eigenvalue weighted by molar-refractivity contribution is 7.89. The van der Waals surface area contributed by atoms with Crippen molar-refractivity contribution in [1.82, 2.24) is 24.3 Å². The van der Waals surface area contributed by atoms with Crippen molar-refractivity contribution in [3.8, 4) is 11.5 Å². The van der Waals surface area contributed by atoms with Gasteiger partial charge in [0.05, 0.1) is 43.3 Å². The predicted molar refractivity (Wildman–Crippen MR) is 186 cm³/mol. The Balaban J connectivity index is 1.23. The Morgan fingerprint density at radius 3 is 2.29 bits per heavy atom. The molecule has 2 atom stereocenters. The third-order valence-electron chi connectivity index (χ3n) is 9.45. The lowest BCUT2D eigenvalue weighted by molar-refractivity contribution is 0.0572. The molecule has 12 nitrogen and oxygen atoms in total. The van der Waals surface area contributed by atoms with Crippen molar-refractivity contribution in [1.29, 1.82) is 0 Å². The summed E-state index contributed by atoms with van der Waals surface area (Å²) in [7, 11) is 0.935. The lowest BCUT2D eigenvalue weighted by Crippen LogP contribution is -2.47.